The van der Waals surface area contributed by atoms with E-state index in [2.05, 4.69) is 57.4 Å². The van der Waals surface area contributed by atoms with Crippen molar-refractivity contribution in [3.8, 4) is 0 Å². The average Bonchev–Trinajstić information content (AvgIpc) is 2.25. The summed E-state index contributed by atoms with van der Waals surface area (Å²) in [6, 6.07) is 9.40. The van der Waals surface area contributed by atoms with Crippen LogP contribution in [0.5, 0.6) is 0 Å². The molecule has 2 atom stereocenters. The van der Waals surface area contributed by atoms with Crippen LogP contribution in [-0.2, 0) is 6.42 Å². The van der Waals surface area contributed by atoms with Gasteiger partial charge in [0, 0.05) is 6.04 Å². The Kier molecular flexibility index (Phi) is 4.83. The first kappa shape index (κ1) is 12.3. The molecule has 0 aliphatic heterocycles. The van der Waals surface area contributed by atoms with E-state index < -0.39 is 0 Å². The van der Waals surface area contributed by atoms with E-state index in [0.717, 1.165) is 12.3 Å². The van der Waals surface area contributed by atoms with Gasteiger partial charge in [-0.15, -0.1) is 0 Å². The number of rotatable bonds is 5. The second kappa shape index (κ2) is 5.92. The molecular formula is C14H23N. The molecular weight excluding hydrogens is 182 g/mol. The van der Waals surface area contributed by atoms with Crippen molar-refractivity contribution in [2.45, 2.75) is 39.7 Å². The Morgan fingerprint density at radius 2 is 2.07 bits per heavy atom. The Balaban J connectivity index is 2.66. The third kappa shape index (κ3) is 3.67. The average molecular weight is 205 g/mol. The van der Waals surface area contributed by atoms with Crippen LogP contribution in [0.15, 0.2) is 24.3 Å². The van der Waals surface area contributed by atoms with Gasteiger partial charge in [-0.1, -0.05) is 50.1 Å². The van der Waals surface area contributed by atoms with E-state index in [0.29, 0.717) is 6.04 Å². The first-order chi connectivity index (χ1) is 7.17. The van der Waals surface area contributed by atoms with Crippen molar-refractivity contribution >= 4 is 0 Å². The number of likely N-dealkylation sites (N-methyl/N-ethyl adjacent to an activating group) is 1. The van der Waals surface area contributed by atoms with Crippen LogP contribution < -0.4 is 5.32 Å². The van der Waals surface area contributed by atoms with Gasteiger partial charge in [-0.2, -0.15) is 0 Å². The maximum Gasteiger partial charge on any atom is 0.0130 e. The van der Waals surface area contributed by atoms with Gasteiger partial charge in [0.2, 0.25) is 0 Å². The lowest BCUT2D eigenvalue weighted by molar-refractivity contribution is 0.386. The van der Waals surface area contributed by atoms with Crippen LogP contribution in [0, 0.1) is 12.8 Å². The minimum absolute atomic E-state index is 0.594. The molecule has 0 heterocycles. The molecule has 0 bridgehead atoms. The summed E-state index contributed by atoms with van der Waals surface area (Å²) in [6.45, 7) is 6.73. The summed E-state index contributed by atoms with van der Waals surface area (Å²) < 4.78 is 0. The zero-order chi connectivity index (χ0) is 11.3. The Morgan fingerprint density at radius 3 is 2.60 bits per heavy atom. The molecule has 0 aliphatic carbocycles. The molecule has 0 aromatic heterocycles. The van der Waals surface area contributed by atoms with Crippen molar-refractivity contribution in [1.82, 2.24) is 5.32 Å². The summed E-state index contributed by atoms with van der Waals surface area (Å²) in [5.74, 6) is 0.732. The van der Waals surface area contributed by atoms with Gasteiger partial charge in [-0.3, -0.25) is 0 Å². The SMILES string of the molecule is CCC(C)C(Cc1cccc(C)c1)NC. The third-order valence-electron chi connectivity index (χ3n) is 3.24. The minimum Gasteiger partial charge on any atom is -0.316 e. The summed E-state index contributed by atoms with van der Waals surface area (Å²) in [5, 5.41) is 3.42. The van der Waals surface area contributed by atoms with Crippen molar-refractivity contribution in [3.05, 3.63) is 35.4 Å². The molecule has 0 fully saturated rings. The highest BCUT2D eigenvalue weighted by Gasteiger charge is 2.13. The molecule has 1 aromatic carbocycles. The van der Waals surface area contributed by atoms with Crippen LogP contribution in [0.25, 0.3) is 0 Å². The molecule has 15 heavy (non-hydrogen) atoms. The fourth-order valence-electron chi connectivity index (χ4n) is 1.97. The van der Waals surface area contributed by atoms with Crippen LogP contribution in [0.3, 0.4) is 0 Å². The highest BCUT2D eigenvalue weighted by molar-refractivity contribution is 5.23. The van der Waals surface area contributed by atoms with Crippen LogP contribution >= 0.6 is 0 Å². The zero-order valence-electron chi connectivity index (χ0n) is 10.4. The molecule has 1 rings (SSSR count). The van der Waals surface area contributed by atoms with E-state index in [1.54, 1.807) is 0 Å². The summed E-state index contributed by atoms with van der Waals surface area (Å²) in [4.78, 5) is 0. The van der Waals surface area contributed by atoms with Crippen molar-refractivity contribution in [2.24, 2.45) is 5.92 Å². The van der Waals surface area contributed by atoms with E-state index in [-0.39, 0.29) is 0 Å². The molecule has 1 nitrogen and oxygen atoms in total. The predicted molar refractivity (Wildman–Crippen MR) is 67.2 cm³/mol. The molecule has 0 radical (unpaired) electrons. The molecule has 1 aromatic rings. The van der Waals surface area contributed by atoms with E-state index in [1.165, 1.54) is 17.5 Å². The Hall–Kier alpha value is -0.820. The lowest BCUT2D eigenvalue weighted by atomic mass is 9.93. The van der Waals surface area contributed by atoms with E-state index in [9.17, 15) is 0 Å². The second-order valence-electron chi connectivity index (χ2n) is 4.47. The standard InChI is InChI=1S/C14H23N/c1-5-12(3)14(15-4)10-13-8-6-7-11(2)9-13/h6-9,12,14-15H,5,10H2,1-4H3. The maximum absolute atomic E-state index is 3.42. The highest BCUT2D eigenvalue weighted by Crippen LogP contribution is 2.14. The Morgan fingerprint density at radius 1 is 1.33 bits per heavy atom. The van der Waals surface area contributed by atoms with E-state index in [1.807, 2.05) is 0 Å². The van der Waals surface area contributed by atoms with Gasteiger partial charge in [-0.05, 0) is 31.9 Å². The van der Waals surface area contributed by atoms with Crippen LogP contribution in [0.2, 0.25) is 0 Å². The normalized spacial score (nSPS) is 14.9. The Bertz CT molecular complexity index is 293. The quantitative estimate of drug-likeness (QED) is 0.778. The fraction of sp³-hybridized carbons (Fsp3) is 0.571. The number of nitrogens with one attached hydrogen (secondary N) is 1. The first-order valence-corrected chi connectivity index (χ1v) is 5.90. The molecule has 2 unspecified atom stereocenters. The molecule has 84 valence electrons. The number of hydrogen-bond acceptors (Lipinski definition) is 1. The molecule has 0 aliphatic rings. The van der Waals surface area contributed by atoms with Gasteiger partial charge >= 0.3 is 0 Å². The maximum atomic E-state index is 3.42. The molecule has 0 spiro atoms. The Labute approximate surface area is 93.9 Å². The van der Waals surface area contributed by atoms with Crippen LogP contribution in [0.1, 0.15) is 31.4 Å². The van der Waals surface area contributed by atoms with Gasteiger partial charge in [0.25, 0.3) is 0 Å². The molecule has 0 saturated heterocycles. The molecule has 0 saturated carbocycles. The highest BCUT2D eigenvalue weighted by atomic mass is 14.9. The van der Waals surface area contributed by atoms with Crippen molar-refractivity contribution in [1.29, 1.82) is 0 Å². The first-order valence-electron chi connectivity index (χ1n) is 5.90. The number of hydrogen-bond donors (Lipinski definition) is 1. The summed E-state index contributed by atoms with van der Waals surface area (Å²) in [5.41, 5.74) is 2.79. The lowest BCUT2D eigenvalue weighted by Crippen LogP contribution is -2.33. The van der Waals surface area contributed by atoms with Gasteiger partial charge < -0.3 is 5.32 Å². The number of benzene rings is 1. The second-order valence-corrected chi connectivity index (χ2v) is 4.47. The summed E-state index contributed by atoms with van der Waals surface area (Å²) >= 11 is 0. The third-order valence-corrected chi connectivity index (χ3v) is 3.24. The number of aryl methyl sites for hydroxylation is 1. The summed E-state index contributed by atoms with van der Waals surface area (Å²) in [6.07, 6.45) is 2.37. The fourth-order valence-corrected chi connectivity index (χ4v) is 1.97. The minimum atomic E-state index is 0.594. The van der Waals surface area contributed by atoms with Gasteiger partial charge in [0.15, 0.2) is 0 Å². The van der Waals surface area contributed by atoms with Crippen molar-refractivity contribution in [3.63, 3.8) is 0 Å². The molecule has 1 N–H and O–H groups in total. The largest absolute Gasteiger partial charge is 0.316 e. The van der Waals surface area contributed by atoms with Gasteiger partial charge in [-0.25, -0.2) is 0 Å². The van der Waals surface area contributed by atoms with E-state index in [4.69, 9.17) is 0 Å². The zero-order valence-corrected chi connectivity index (χ0v) is 10.4. The monoisotopic (exact) mass is 205 g/mol. The van der Waals surface area contributed by atoms with Gasteiger partial charge in [0.1, 0.15) is 0 Å². The van der Waals surface area contributed by atoms with Crippen molar-refractivity contribution in [2.75, 3.05) is 7.05 Å². The predicted octanol–water partition coefficient (Wildman–Crippen LogP) is 3.17. The van der Waals surface area contributed by atoms with Gasteiger partial charge in [0.05, 0.1) is 0 Å². The summed E-state index contributed by atoms with van der Waals surface area (Å²) in [7, 11) is 2.06. The van der Waals surface area contributed by atoms with Crippen LogP contribution in [0.4, 0.5) is 0 Å². The van der Waals surface area contributed by atoms with Crippen molar-refractivity contribution < 1.29 is 0 Å². The topological polar surface area (TPSA) is 12.0 Å². The van der Waals surface area contributed by atoms with E-state index >= 15 is 0 Å². The lowest BCUT2D eigenvalue weighted by Gasteiger charge is -2.22. The molecule has 0 amide bonds. The van der Waals surface area contributed by atoms with Crippen LogP contribution in [-0.4, -0.2) is 13.1 Å². The smallest absolute Gasteiger partial charge is 0.0130 e. The molecule has 1 heteroatoms.